The first-order chi connectivity index (χ1) is 11.8. The molecular weight excluding hydrogens is 354 g/mol. The van der Waals surface area contributed by atoms with Crippen LogP contribution < -0.4 is 0 Å². The first kappa shape index (κ1) is 19.9. The largest absolute Gasteiger partial charge is 0.332 e. The second-order valence-corrected chi connectivity index (χ2v) is 8.26. The fourth-order valence-corrected chi connectivity index (χ4v) is 3.51. The summed E-state index contributed by atoms with van der Waals surface area (Å²) < 4.78 is 0. The normalized spacial score (nSPS) is 11.3. The van der Waals surface area contributed by atoms with Crippen LogP contribution in [0.25, 0.3) is 0 Å². The molecule has 1 heterocycles. The van der Waals surface area contributed by atoms with Gasteiger partial charge in [0.2, 0.25) is 0 Å². The third-order valence-electron chi connectivity index (χ3n) is 3.74. The van der Waals surface area contributed by atoms with Gasteiger partial charge in [-0.15, -0.1) is 11.3 Å². The molecule has 25 heavy (non-hydrogen) atoms. The minimum absolute atomic E-state index is 0.0111. The molecule has 0 unspecified atom stereocenters. The Kier molecular flexibility index (Phi) is 7.41. The molecule has 136 valence electrons. The molecule has 2 rings (SSSR count). The van der Waals surface area contributed by atoms with E-state index >= 15 is 0 Å². The summed E-state index contributed by atoms with van der Waals surface area (Å²) >= 11 is 7.53. The molecule has 0 spiro atoms. The number of benzene rings is 1. The van der Waals surface area contributed by atoms with Crippen molar-refractivity contribution in [1.82, 2.24) is 14.8 Å². The van der Waals surface area contributed by atoms with Crippen LogP contribution in [0.1, 0.15) is 34.9 Å². The predicted octanol–water partition coefficient (Wildman–Crippen LogP) is 4.20. The Labute approximate surface area is 159 Å². The topological polar surface area (TPSA) is 36.4 Å². The lowest BCUT2D eigenvalue weighted by molar-refractivity contribution is 0.0726. The van der Waals surface area contributed by atoms with Crippen LogP contribution in [-0.4, -0.2) is 47.9 Å². The van der Waals surface area contributed by atoms with Crippen molar-refractivity contribution in [3.05, 3.63) is 50.9 Å². The second kappa shape index (κ2) is 9.32. The van der Waals surface area contributed by atoms with E-state index in [9.17, 15) is 4.79 Å². The summed E-state index contributed by atoms with van der Waals surface area (Å²) in [5.41, 5.74) is 1.61. The molecule has 0 aliphatic rings. The Morgan fingerprint density at radius 2 is 1.88 bits per heavy atom. The SMILES string of the molecule is CC(C)Cc1nc(C(=O)N(CCN(C)C)Cc2ccc(Cl)cc2)cs1. The van der Waals surface area contributed by atoms with Crippen LogP contribution in [0, 0.1) is 5.92 Å². The molecular formula is C19H26ClN3OS. The predicted molar refractivity (Wildman–Crippen MR) is 105 cm³/mol. The zero-order valence-electron chi connectivity index (χ0n) is 15.3. The minimum atomic E-state index is -0.0111. The van der Waals surface area contributed by atoms with Gasteiger partial charge in [-0.05, 0) is 37.7 Å². The average Bonchev–Trinajstić information content (AvgIpc) is 3.00. The molecule has 0 aliphatic carbocycles. The number of hydrogen-bond donors (Lipinski definition) is 0. The highest BCUT2D eigenvalue weighted by molar-refractivity contribution is 7.09. The van der Waals surface area contributed by atoms with Crippen molar-refractivity contribution in [1.29, 1.82) is 0 Å². The second-order valence-electron chi connectivity index (χ2n) is 6.88. The van der Waals surface area contributed by atoms with Crippen molar-refractivity contribution in [2.75, 3.05) is 27.2 Å². The molecule has 4 nitrogen and oxygen atoms in total. The maximum Gasteiger partial charge on any atom is 0.273 e. The zero-order chi connectivity index (χ0) is 18.4. The van der Waals surface area contributed by atoms with E-state index in [1.165, 1.54) is 0 Å². The molecule has 0 radical (unpaired) electrons. The van der Waals surface area contributed by atoms with Crippen LogP contribution in [0.5, 0.6) is 0 Å². The first-order valence-corrected chi connectivity index (χ1v) is 9.73. The van der Waals surface area contributed by atoms with Crippen molar-refractivity contribution < 1.29 is 4.79 Å². The van der Waals surface area contributed by atoms with Crippen LogP contribution in [0.15, 0.2) is 29.6 Å². The summed E-state index contributed by atoms with van der Waals surface area (Å²) in [6.45, 7) is 6.34. The van der Waals surface area contributed by atoms with Gasteiger partial charge in [0.05, 0.1) is 5.01 Å². The molecule has 2 aromatic rings. The molecule has 0 atom stereocenters. The van der Waals surface area contributed by atoms with Crippen molar-refractivity contribution in [2.45, 2.75) is 26.8 Å². The third kappa shape index (κ3) is 6.42. The number of carbonyl (C=O) groups excluding carboxylic acids is 1. The van der Waals surface area contributed by atoms with E-state index in [2.05, 4.69) is 23.7 Å². The zero-order valence-corrected chi connectivity index (χ0v) is 16.9. The Bertz CT molecular complexity index is 682. The highest BCUT2D eigenvalue weighted by Gasteiger charge is 2.19. The summed E-state index contributed by atoms with van der Waals surface area (Å²) in [4.78, 5) is 21.4. The van der Waals surface area contributed by atoms with E-state index in [0.717, 1.165) is 23.5 Å². The van der Waals surface area contributed by atoms with Crippen molar-refractivity contribution >= 4 is 28.8 Å². The number of thiazole rings is 1. The van der Waals surface area contributed by atoms with Gasteiger partial charge >= 0.3 is 0 Å². The van der Waals surface area contributed by atoms with Gasteiger partial charge in [-0.2, -0.15) is 0 Å². The molecule has 1 amide bonds. The molecule has 0 aliphatic heterocycles. The van der Waals surface area contributed by atoms with E-state index in [0.29, 0.717) is 29.7 Å². The van der Waals surface area contributed by atoms with Gasteiger partial charge in [-0.25, -0.2) is 4.98 Å². The molecule has 0 bridgehead atoms. The Morgan fingerprint density at radius 3 is 2.48 bits per heavy atom. The van der Waals surface area contributed by atoms with Gasteiger partial charge in [0.15, 0.2) is 0 Å². The summed E-state index contributed by atoms with van der Waals surface area (Å²) in [7, 11) is 4.02. The number of carbonyl (C=O) groups is 1. The lowest BCUT2D eigenvalue weighted by atomic mass is 10.1. The van der Waals surface area contributed by atoms with Crippen LogP contribution in [0.3, 0.4) is 0 Å². The van der Waals surface area contributed by atoms with Crippen LogP contribution in [-0.2, 0) is 13.0 Å². The number of nitrogens with zero attached hydrogens (tertiary/aromatic N) is 3. The van der Waals surface area contributed by atoms with E-state index in [1.807, 2.05) is 48.6 Å². The molecule has 1 aromatic carbocycles. The summed E-state index contributed by atoms with van der Waals surface area (Å²) in [5, 5.41) is 3.61. The van der Waals surface area contributed by atoms with Gasteiger partial charge in [0.25, 0.3) is 5.91 Å². The fourth-order valence-electron chi connectivity index (χ4n) is 2.40. The minimum Gasteiger partial charge on any atom is -0.332 e. The number of amides is 1. The average molecular weight is 380 g/mol. The Balaban J connectivity index is 2.13. The highest BCUT2D eigenvalue weighted by Crippen LogP contribution is 2.17. The molecule has 0 saturated carbocycles. The fraction of sp³-hybridized carbons (Fsp3) is 0.474. The number of hydrogen-bond acceptors (Lipinski definition) is 4. The van der Waals surface area contributed by atoms with E-state index in [4.69, 9.17) is 11.6 Å². The number of rotatable bonds is 8. The monoisotopic (exact) mass is 379 g/mol. The van der Waals surface area contributed by atoms with Gasteiger partial charge in [0, 0.05) is 36.5 Å². The Hall–Kier alpha value is -1.43. The first-order valence-electron chi connectivity index (χ1n) is 8.48. The van der Waals surface area contributed by atoms with Crippen LogP contribution >= 0.6 is 22.9 Å². The molecule has 6 heteroatoms. The summed E-state index contributed by atoms with van der Waals surface area (Å²) in [6.07, 6.45) is 0.910. The molecule has 1 aromatic heterocycles. The third-order valence-corrected chi connectivity index (χ3v) is 4.87. The smallest absolute Gasteiger partial charge is 0.273 e. The van der Waals surface area contributed by atoms with E-state index in [-0.39, 0.29) is 5.91 Å². The van der Waals surface area contributed by atoms with Crippen molar-refractivity contribution in [3.8, 4) is 0 Å². The standard InChI is InChI=1S/C19H26ClN3OS/c1-14(2)11-18-21-17(13-25-18)19(24)23(10-9-22(3)4)12-15-5-7-16(20)8-6-15/h5-8,13-14H,9-12H2,1-4H3. The quantitative estimate of drug-likeness (QED) is 0.689. The molecule has 0 saturated heterocycles. The maximum atomic E-state index is 13.0. The lowest BCUT2D eigenvalue weighted by Crippen LogP contribution is -2.36. The molecule has 0 N–H and O–H groups in total. The van der Waals surface area contributed by atoms with Crippen molar-refractivity contribution in [3.63, 3.8) is 0 Å². The Morgan fingerprint density at radius 1 is 1.20 bits per heavy atom. The highest BCUT2D eigenvalue weighted by atomic mass is 35.5. The van der Waals surface area contributed by atoms with Crippen LogP contribution in [0.4, 0.5) is 0 Å². The van der Waals surface area contributed by atoms with Gasteiger partial charge < -0.3 is 9.80 Å². The maximum absolute atomic E-state index is 13.0. The molecule has 0 fully saturated rings. The van der Waals surface area contributed by atoms with Crippen LogP contribution in [0.2, 0.25) is 5.02 Å². The summed E-state index contributed by atoms with van der Waals surface area (Å²) in [6, 6.07) is 7.64. The van der Waals surface area contributed by atoms with Gasteiger partial charge in [-0.3, -0.25) is 4.79 Å². The number of halogens is 1. The number of likely N-dealkylation sites (N-methyl/N-ethyl adjacent to an activating group) is 1. The summed E-state index contributed by atoms with van der Waals surface area (Å²) in [5.74, 6) is 0.524. The van der Waals surface area contributed by atoms with E-state index in [1.54, 1.807) is 11.3 Å². The van der Waals surface area contributed by atoms with Gasteiger partial charge in [0.1, 0.15) is 5.69 Å². The van der Waals surface area contributed by atoms with Gasteiger partial charge in [-0.1, -0.05) is 37.6 Å². The lowest BCUT2D eigenvalue weighted by Gasteiger charge is -2.24. The number of aromatic nitrogens is 1. The van der Waals surface area contributed by atoms with Crippen molar-refractivity contribution in [2.24, 2.45) is 5.92 Å². The van der Waals surface area contributed by atoms with E-state index < -0.39 is 0 Å².